The van der Waals surface area contributed by atoms with Crippen LogP contribution < -0.4 is 0 Å². The molecule has 0 aromatic heterocycles. The van der Waals surface area contributed by atoms with Gasteiger partial charge < -0.3 is 0 Å². The first-order valence-corrected chi connectivity index (χ1v) is 6.59. The highest BCUT2D eigenvalue weighted by molar-refractivity contribution is 6.22. The van der Waals surface area contributed by atoms with Crippen molar-refractivity contribution in [3.8, 4) is 0 Å². The highest BCUT2D eigenvalue weighted by Crippen LogP contribution is 2.35. The smallest absolute Gasteiger partial charge is 0.0840 e. The molecule has 0 spiro atoms. The Morgan fingerprint density at radius 3 is 1.76 bits per heavy atom. The highest BCUT2D eigenvalue weighted by atomic mass is 35.5. The van der Waals surface area contributed by atoms with Gasteiger partial charge in [0, 0.05) is 0 Å². The van der Waals surface area contributed by atoms with Gasteiger partial charge >= 0.3 is 0 Å². The second-order valence-electron chi connectivity index (χ2n) is 4.61. The van der Waals surface area contributed by atoms with Gasteiger partial charge in [-0.25, -0.2) is 0 Å². The molecule has 2 aromatic rings. The Balaban J connectivity index is 2.15. The molecule has 0 atom stereocenters. The minimum atomic E-state index is 0.00250. The summed E-state index contributed by atoms with van der Waals surface area (Å²) in [5.74, 6) is 0. The van der Waals surface area contributed by atoms with Crippen molar-refractivity contribution in [1.82, 2.24) is 0 Å². The molecule has 3 rings (SSSR count). The topological polar surface area (TPSA) is 0 Å². The standard InChI is InChI=1S/C16H15Cl/c17-16-14-10-3-1-6-12(14)8-5-9-13-7-2-4-11-15(13)16/h1-4,6-7,10-11,16H,5,8-9H2. The van der Waals surface area contributed by atoms with E-state index < -0.39 is 0 Å². The maximum Gasteiger partial charge on any atom is 0.0840 e. The van der Waals surface area contributed by atoms with E-state index in [2.05, 4.69) is 48.5 Å². The van der Waals surface area contributed by atoms with E-state index in [1.165, 1.54) is 28.7 Å². The summed E-state index contributed by atoms with van der Waals surface area (Å²) >= 11 is 6.65. The third kappa shape index (κ3) is 1.98. The lowest BCUT2D eigenvalue weighted by atomic mass is 9.88. The molecule has 0 amide bonds. The van der Waals surface area contributed by atoms with Crippen LogP contribution in [-0.2, 0) is 12.8 Å². The largest absolute Gasteiger partial charge is 0.113 e. The van der Waals surface area contributed by atoms with Crippen molar-refractivity contribution in [3.05, 3.63) is 70.8 Å². The summed E-state index contributed by atoms with van der Waals surface area (Å²) < 4.78 is 0. The molecular formula is C16H15Cl. The van der Waals surface area contributed by atoms with Gasteiger partial charge in [0.15, 0.2) is 0 Å². The molecule has 0 aliphatic heterocycles. The van der Waals surface area contributed by atoms with Crippen LogP contribution in [0.2, 0.25) is 0 Å². The molecule has 0 radical (unpaired) electrons. The minimum absolute atomic E-state index is 0.00250. The molecule has 17 heavy (non-hydrogen) atoms. The van der Waals surface area contributed by atoms with E-state index in [9.17, 15) is 0 Å². The number of fused-ring (bicyclic) bond motifs is 2. The van der Waals surface area contributed by atoms with Crippen molar-refractivity contribution < 1.29 is 0 Å². The first kappa shape index (κ1) is 10.9. The van der Waals surface area contributed by atoms with Crippen molar-refractivity contribution in [3.63, 3.8) is 0 Å². The van der Waals surface area contributed by atoms with Crippen LogP contribution in [0.4, 0.5) is 0 Å². The van der Waals surface area contributed by atoms with Gasteiger partial charge in [-0.1, -0.05) is 48.5 Å². The lowest BCUT2D eigenvalue weighted by Crippen LogP contribution is -2.06. The van der Waals surface area contributed by atoms with Crippen LogP contribution in [0, 0.1) is 0 Å². The molecule has 0 saturated heterocycles. The molecule has 0 N–H and O–H groups in total. The quantitative estimate of drug-likeness (QED) is 0.597. The fraction of sp³-hybridized carbons (Fsp3) is 0.250. The average molecular weight is 243 g/mol. The van der Waals surface area contributed by atoms with Gasteiger partial charge in [-0.2, -0.15) is 0 Å². The van der Waals surface area contributed by atoms with Crippen molar-refractivity contribution in [2.75, 3.05) is 0 Å². The van der Waals surface area contributed by atoms with Crippen molar-refractivity contribution in [2.24, 2.45) is 0 Å². The minimum Gasteiger partial charge on any atom is -0.113 e. The average Bonchev–Trinajstić information content (AvgIpc) is 2.37. The van der Waals surface area contributed by atoms with Crippen molar-refractivity contribution >= 4 is 11.6 Å². The lowest BCUT2D eigenvalue weighted by molar-refractivity contribution is 0.785. The van der Waals surface area contributed by atoms with Gasteiger partial charge in [-0.3, -0.25) is 0 Å². The van der Waals surface area contributed by atoms with E-state index >= 15 is 0 Å². The van der Waals surface area contributed by atoms with Crippen LogP contribution in [0.5, 0.6) is 0 Å². The predicted octanol–water partition coefficient (Wildman–Crippen LogP) is 4.50. The molecule has 0 fully saturated rings. The monoisotopic (exact) mass is 242 g/mol. The fourth-order valence-electron chi connectivity index (χ4n) is 2.66. The number of aryl methyl sites for hydroxylation is 2. The zero-order valence-electron chi connectivity index (χ0n) is 9.70. The molecule has 0 bridgehead atoms. The van der Waals surface area contributed by atoms with Crippen LogP contribution >= 0.6 is 11.6 Å². The third-order valence-corrected chi connectivity index (χ3v) is 4.02. The Labute approximate surface area is 107 Å². The SMILES string of the molecule is ClC1c2ccccc2CCCc2ccccc21. The number of benzene rings is 2. The Morgan fingerprint density at radius 2 is 1.24 bits per heavy atom. The number of rotatable bonds is 0. The van der Waals surface area contributed by atoms with Gasteiger partial charge in [0.1, 0.15) is 0 Å². The van der Waals surface area contributed by atoms with E-state index in [0.29, 0.717) is 0 Å². The maximum atomic E-state index is 6.65. The lowest BCUT2D eigenvalue weighted by Gasteiger charge is -2.21. The summed E-state index contributed by atoms with van der Waals surface area (Å²) in [7, 11) is 0. The normalized spacial score (nSPS) is 15.6. The summed E-state index contributed by atoms with van der Waals surface area (Å²) in [5.41, 5.74) is 5.37. The highest BCUT2D eigenvalue weighted by Gasteiger charge is 2.19. The molecule has 0 saturated carbocycles. The fourth-order valence-corrected chi connectivity index (χ4v) is 3.08. The van der Waals surface area contributed by atoms with Crippen molar-refractivity contribution in [2.45, 2.75) is 24.6 Å². The van der Waals surface area contributed by atoms with Gasteiger partial charge in [-0.05, 0) is 41.5 Å². The Morgan fingerprint density at radius 1 is 0.765 bits per heavy atom. The van der Waals surface area contributed by atoms with Gasteiger partial charge in [0.25, 0.3) is 0 Å². The van der Waals surface area contributed by atoms with E-state index in [-0.39, 0.29) is 5.38 Å². The van der Waals surface area contributed by atoms with E-state index in [0.717, 1.165) is 12.8 Å². The molecule has 0 unspecified atom stereocenters. The van der Waals surface area contributed by atoms with Crippen LogP contribution in [0.3, 0.4) is 0 Å². The third-order valence-electron chi connectivity index (χ3n) is 3.55. The molecule has 0 heterocycles. The summed E-state index contributed by atoms with van der Waals surface area (Å²) in [6.45, 7) is 0. The summed E-state index contributed by atoms with van der Waals surface area (Å²) in [5, 5.41) is 0.00250. The molecule has 1 aliphatic carbocycles. The zero-order valence-corrected chi connectivity index (χ0v) is 10.5. The molecular weight excluding hydrogens is 228 g/mol. The number of alkyl halides is 1. The number of halogens is 1. The number of hydrogen-bond donors (Lipinski definition) is 0. The van der Waals surface area contributed by atoms with Crippen LogP contribution in [0.25, 0.3) is 0 Å². The van der Waals surface area contributed by atoms with Gasteiger partial charge in [-0.15, -0.1) is 11.6 Å². The predicted molar refractivity (Wildman–Crippen MR) is 72.6 cm³/mol. The van der Waals surface area contributed by atoms with E-state index in [1.807, 2.05) is 0 Å². The first-order chi connectivity index (χ1) is 8.36. The second-order valence-corrected chi connectivity index (χ2v) is 5.05. The Hall–Kier alpha value is -1.27. The van der Waals surface area contributed by atoms with Crippen molar-refractivity contribution in [1.29, 1.82) is 0 Å². The Kier molecular flexibility index (Phi) is 2.90. The molecule has 0 nitrogen and oxygen atoms in total. The van der Waals surface area contributed by atoms with Crippen LogP contribution in [0.1, 0.15) is 34.1 Å². The summed E-state index contributed by atoms with van der Waals surface area (Å²) in [4.78, 5) is 0. The molecule has 86 valence electrons. The first-order valence-electron chi connectivity index (χ1n) is 6.16. The van der Waals surface area contributed by atoms with Crippen LogP contribution in [0.15, 0.2) is 48.5 Å². The molecule has 1 heteroatoms. The van der Waals surface area contributed by atoms with Gasteiger partial charge in [0.05, 0.1) is 5.38 Å². The number of hydrogen-bond acceptors (Lipinski definition) is 0. The summed E-state index contributed by atoms with van der Waals surface area (Å²) in [6, 6.07) is 17.1. The zero-order chi connectivity index (χ0) is 11.7. The molecule has 1 aliphatic rings. The van der Waals surface area contributed by atoms with Crippen LogP contribution in [-0.4, -0.2) is 0 Å². The maximum absolute atomic E-state index is 6.65. The second kappa shape index (κ2) is 4.54. The Bertz CT molecular complexity index is 483. The van der Waals surface area contributed by atoms with Gasteiger partial charge in [0.2, 0.25) is 0 Å². The molecule has 2 aromatic carbocycles. The van der Waals surface area contributed by atoms with E-state index in [4.69, 9.17) is 11.6 Å². The van der Waals surface area contributed by atoms with E-state index in [1.54, 1.807) is 0 Å². The summed E-state index contributed by atoms with van der Waals surface area (Å²) in [6.07, 6.45) is 3.47.